The lowest BCUT2D eigenvalue weighted by Gasteiger charge is -2.16. The topological polar surface area (TPSA) is 3.24 Å². The highest BCUT2D eigenvalue weighted by Crippen LogP contribution is 2.25. The van der Waals surface area contributed by atoms with E-state index in [4.69, 9.17) is 11.6 Å². The van der Waals surface area contributed by atoms with Crippen molar-refractivity contribution in [3.8, 4) is 0 Å². The van der Waals surface area contributed by atoms with Crippen molar-refractivity contribution in [1.82, 2.24) is 4.90 Å². The maximum atomic E-state index is 13.3. The summed E-state index contributed by atoms with van der Waals surface area (Å²) < 4.78 is 13.9. The van der Waals surface area contributed by atoms with Crippen molar-refractivity contribution in [3.05, 3.63) is 34.1 Å². The van der Waals surface area contributed by atoms with E-state index in [-0.39, 0.29) is 5.82 Å². The van der Waals surface area contributed by atoms with Crippen LogP contribution in [0.1, 0.15) is 12.0 Å². The Kier molecular flexibility index (Phi) is 4.22. The number of hydrogen-bond acceptors (Lipinski definition) is 1. The summed E-state index contributed by atoms with van der Waals surface area (Å²) in [5.74, 6) is 1.13. The first-order valence-corrected chi connectivity index (χ1v) is 6.74. The second-order valence-corrected chi connectivity index (χ2v) is 5.36. The third kappa shape index (κ3) is 2.76. The minimum absolute atomic E-state index is 0.189. The molecule has 1 fully saturated rings. The predicted octanol–water partition coefficient (Wildman–Crippen LogP) is 3.65. The van der Waals surface area contributed by atoms with E-state index in [1.807, 2.05) is 6.07 Å². The van der Waals surface area contributed by atoms with Crippen molar-refractivity contribution in [2.45, 2.75) is 13.0 Å². The van der Waals surface area contributed by atoms with Crippen molar-refractivity contribution < 1.29 is 4.39 Å². The molecule has 1 aromatic rings. The van der Waals surface area contributed by atoms with Crippen LogP contribution in [0, 0.1) is 11.7 Å². The van der Waals surface area contributed by atoms with Gasteiger partial charge in [0.25, 0.3) is 0 Å². The monoisotopic (exact) mass is 305 g/mol. The molecule has 0 aromatic heterocycles. The molecule has 1 saturated heterocycles. The van der Waals surface area contributed by atoms with E-state index in [0.29, 0.717) is 10.4 Å². The van der Waals surface area contributed by atoms with Crippen LogP contribution in [0.3, 0.4) is 0 Å². The van der Waals surface area contributed by atoms with Crippen molar-refractivity contribution in [2.75, 3.05) is 19.0 Å². The molecule has 0 aliphatic carbocycles. The summed E-state index contributed by atoms with van der Waals surface area (Å²) in [4.78, 5) is 2.33. The summed E-state index contributed by atoms with van der Waals surface area (Å²) in [5.41, 5.74) is 1.01. The molecular formula is C12H14BrClFN. The lowest BCUT2D eigenvalue weighted by Crippen LogP contribution is -2.20. The minimum Gasteiger partial charge on any atom is -0.299 e. The van der Waals surface area contributed by atoms with Crippen LogP contribution >= 0.6 is 27.5 Å². The fourth-order valence-electron chi connectivity index (χ4n) is 2.09. The fraction of sp³-hybridized carbons (Fsp3) is 0.500. The minimum atomic E-state index is -0.189. The maximum absolute atomic E-state index is 13.3. The first kappa shape index (κ1) is 12.3. The van der Waals surface area contributed by atoms with E-state index in [9.17, 15) is 4.39 Å². The van der Waals surface area contributed by atoms with Gasteiger partial charge in [-0.1, -0.05) is 12.1 Å². The van der Waals surface area contributed by atoms with E-state index in [1.54, 1.807) is 6.07 Å². The van der Waals surface area contributed by atoms with Crippen LogP contribution in [0.25, 0.3) is 0 Å². The average molecular weight is 307 g/mol. The molecule has 1 aliphatic rings. The lowest BCUT2D eigenvalue weighted by atomic mass is 10.2. The molecule has 0 amide bonds. The number of rotatable bonds is 3. The number of hydrogen-bond donors (Lipinski definition) is 0. The van der Waals surface area contributed by atoms with Gasteiger partial charge < -0.3 is 0 Å². The molecule has 1 unspecified atom stereocenters. The average Bonchev–Trinajstić information content (AvgIpc) is 2.73. The van der Waals surface area contributed by atoms with Crippen LogP contribution in [0.2, 0.25) is 0 Å². The van der Waals surface area contributed by atoms with Crippen molar-refractivity contribution in [2.24, 2.45) is 5.92 Å². The van der Waals surface area contributed by atoms with Gasteiger partial charge in [0.05, 0.1) is 4.47 Å². The number of likely N-dealkylation sites (tertiary alicyclic amines) is 1. The summed E-state index contributed by atoms with van der Waals surface area (Å²) >= 11 is 9.13. The molecule has 1 heterocycles. The molecule has 0 N–H and O–H groups in total. The summed E-state index contributed by atoms with van der Waals surface area (Å²) in [6.45, 7) is 2.87. The highest BCUT2D eigenvalue weighted by Gasteiger charge is 2.22. The van der Waals surface area contributed by atoms with Crippen LogP contribution in [0.15, 0.2) is 22.7 Å². The fourth-order valence-corrected chi connectivity index (χ4v) is 2.74. The molecule has 1 aromatic carbocycles. The first-order chi connectivity index (χ1) is 7.70. The van der Waals surface area contributed by atoms with Gasteiger partial charge in [-0.15, -0.1) is 11.6 Å². The van der Waals surface area contributed by atoms with E-state index < -0.39 is 0 Å². The second kappa shape index (κ2) is 5.48. The lowest BCUT2D eigenvalue weighted by molar-refractivity contribution is 0.319. The third-order valence-electron chi connectivity index (χ3n) is 3.01. The van der Waals surface area contributed by atoms with Gasteiger partial charge in [0.2, 0.25) is 0 Å². The van der Waals surface area contributed by atoms with Gasteiger partial charge in [-0.3, -0.25) is 4.90 Å². The highest BCUT2D eigenvalue weighted by molar-refractivity contribution is 9.10. The zero-order chi connectivity index (χ0) is 11.5. The number of alkyl halides is 1. The van der Waals surface area contributed by atoms with Gasteiger partial charge in [-0.05, 0) is 46.4 Å². The molecule has 0 bridgehead atoms. The normalized spacial score (nSPS) is 21.6. The Morgan fingerprint density at radius 1 is 1.50 bits per heavy atom. The second-order valence-electron chi connectivity index (χ2n) is 4.26. The van der Waals surface area contributed by atoms with E-state index in [1.165, 1.54) is 6.07 Å². The van der Waals surface area contributed by atoms with E-state index in [2.05, 4.69) is 20.8 Å². The Bertz CT molecular complexity index is 372. The Morgan fingerprint density at radius 3 is 3.00 bits per heavy atom. The molecule has 1 atom stereocenters. The van der Waals surface area contributed by atoms with Crippen LogP contribution in [-0.4, -0.2) is 23.9 Å². The van der Waals surface area contributed by atoms with Crippen LogP contribution < -0.4 is 0 Å². The van der Waals surface area contributed by atoms with Gasteiger partial charge in [0.15, 0.2) is 0 Å². The van der Waals surface area contributed by atoms with Crippen LogP contribution in [0.5, 0.6) is 0 Å². The molecule has 0 radical (unpaired) electrons. The molecule has 4 heteroatoms. The molecule has 0 saturated carbocycles. The SMILES string of the molecule is Fc1cccc(CN2CCC(CCl)C2)c1Br. The predicted molar refractivity (Wildman–Crippen MR) is 68.2 cm³/mol. The Hall–Kier alpha value is -0.120. The zero-order valence-corrected chi connectivity index (χ0v) is 11.3. The summed E-state index contributed by atoms with van der Waals surface area (Å²) in [6, 6.07) is 5.19. The van der Waals surface area contributed by atoms with Crippen molar-refractivity contribution in [3.63, 3.8) is 0 Å². The first-order valence-electron chi connectivity index (χ1n) is 5.42. The van der Waals surface area contributed by atoms with E-state index >= 15 is 0 Å². The van der Waals surface area contributed by atoms with Crippen LogP contribution in [0.4, 0.5) is 4.39 Å². The Balaban J connectivity index is 2.02. The molecule has 1 aliphatic heterocycles. The summed E-state index contributed by atoms with van der Waals surface area (Å²) in [5, 5.41) is 0. The molecule has 1 nitrogen and oxygen atoms in total. The largest absolute Gasteiger partial charge is 0.299 e. The summed E-state index contributed by atoms with van der Waals surface area (Å²) in [7, 11) is 0. The molecule has 88 valence electrons. The third-order valence-corrected chi connectivity index (χ3v) is 4.34. The Morgan fingerprint density at radius 2 is 2.31 bits per heavy atom. The maximum Gasteiger partial charge on any atom is 0.137 e. The smallest absolute Gasteiger partial charge is 0.137 e. The molecule has 2 rings (SSSR count). The highest BCUT2D eigenvalue weighted by atomic mass is 79.9. The zero-order valence-electron chi connectivity index (χ0n) is 8.93. The van der Waals surface area contributed by atoms with Crippen molar-refractivity contribution >= 4 is 27.5 Å². The van der Waals surface area contributed by atoms with Gasteiger partial charge in [-0.2, -0.15) is 0 Å². The summed E-state index contributed by atoms with van der Waals surface area (Å²) in [6.07, 6.45) is 1.15. The van der Waals surface area contributed by atoms with Gasteiger partial charge in [-0.25, -0.2) is 4.39 Å². The quantitative estimate of drug-likeness (QED) is 0.771. The van der Waals surface area contributed by atoms with Gasteiger partial charge >= 0.3 is 0 Å². The molecular weight excluding hydrogens is 292 g/mol. The number of halogens is 3. The van der Waals surface area contributed by atoms with Gasteiger partial charge in [0.1, 0.15) is 5.82 Å². The van der Waals surface area contributed by atoms with Crippen molar-refractivity contribution in [1.29, 1.82) is 0 Å². The van der Waals surface area contributed by atoms with Crippen LogP contribution in [-0.2, 0) is 6.54 Å². The van der Waals surface area contributed by atoms with Gasteiger partial charge in [0, 0.05) is 19.0 Å². The molecule has 0 spiro atoms. The number of benzene rings is 1. The van der Waals surface area contributed by atoms with E-state index in [0.717, 1.165) is 37.5 Å². The molecule has 16 heavy (non-hydrogen) atoms. The Labute approximate surface area is 109 Å². The standard InChI is InChI=1S/C12H14BrClFN/c13-12-10(2-1-3-11(12)15)8-16-5-4-9(6-14)7-16/h1-3,9H,4-8H2. The number of nitrogens with zero attached hydrogens (tertiary/aromatic N) is 1.